The van der Waals surface area contributed by atoms with Crippen molar-refractivity contribution in [3.05, 3.63) is 23.9 Å². The van der Waals surface area contributed by atoms with Crippen molar-refractivity contribution >= 4 is 11.7 Å². The lowest BCUT2D eigenvalue weighted by atomic mass is 10.2. The third-order valence-corrected chi connectivity index (χ3v) is 2.60. The van der Waals surface area contributed by atoms with E-state index in [-0.39, 0.29) is 5.91 Å². The van der Waals surface area contributed by atoms with Gasteiger partial charge in [0.15, 0.2) is 0 Å². The van der Waals surface area contributed by atoms with Gasteiger partial charge in [-0.2, -0.15) is 0 Å². The molecular weight excluding hydrogens is 228 g/mol. The lowest BCUT2D eigenvalue weighted by Crippen LogP contribution is -2.25. The van der Waals surface area contributed by atoms with Gasteiger partial charge in [-0.1, -0.05) is 0 Å². The Kier molecular flexibility index (Phi) is 6.14. The number of amides is 1. The third-order valence-electron chi connectivity index (χ3n) is 2.60. The molecule has 2 N–H and O–H groups in total. The Hall–Kier alpha value is -1.62. The topological polar surface area (TPSA) is 57.3 Å². The first-order chi connectivity index (χ1) is 8.63. The third kappa shape index (κ3) is 5.14. The normalized spacial score (nSPS) is 10.4. The fourth-order valence-corrected chi connectivity index (χ4v) is 1.53. The molecule has 100 valence electrons. The Balaban J connectivity index is 2.27. The van der Waals surface area contributed by atoms with Crippen LogP contribution in [0.25, 0.3) is 0 Å². The molecule has 1 aromatic rings. The zero-order chi connectivity index (χ0) is 13.4. The van der Waals surface area contributed by atoms with Gasteiger partial charge in [0.25, 0.3) is 5.91 Å². The fraction of sp³-hybridized carbons (Fsp3) is 0.538. The van der Waals surface area contributed by atoms with Crippen molar-refractivity contribution in [1.82, 2.24) is 15.2 Å². The predicted molar refractivity (Wildman–Crippen MR) is 73.9 cm³/mol. The largest absolute Gasteiger partial charge is 0.373 e. The number of nitrogens with one attached hydrogen (secondary N) is 2. The van der Waals surface area contributed by atoms with Gasteiger partial charge in [0.1, 0.15) is 5.82 Å². The van der Waals surface area contributed by atoms with Gasteiger partial charge < -0.3 is 15.5 Å². The summed E-state index contributed by atoms with van der Waals surface area (Å²) in [6.45, 7) is 1.76. The number of unbranched alkanes of at least 4 members (excludes halogenated alkanes) is 1. The summed E-state index contributed by atoms with van der Waals surface area (Å²) in [6.07, 6.45) is 3.66. The molecule has 0 bridgehead atoms. The minimum absolute atomic E-state index is 0.0602. The molecule has 0 unspecified atom stereocenters. The second kappa shape index (κ2) is 7.66. The SMILES string of the molecule is CNc1ccc(C(=O)NCCCCN(C)C)cn1. The van der Waals surface area contributed by atoms with Gasteiger partial charge in [-0.05, 0) is 45.6 Å². The van der Waals surface area contributed by atoms with Crippen molar-refractivity contribution in [2.75, 3.05) is 39.5 Å². The monoisotopic (exact) mass is 250 g/mol. The van der Waals surface area contributed by atoms with Gasteiger partial charge in [0, 0.05) is 19.8 Å². The van der Waals surface area contributed by atoms with Gasteiger partial charge in [0.05, 0.1) is 5.56 Å². The quantitative estimate of drug-likeness (QED) is 0.714. The van der Waals surface area contributed by atoms with E-state index in [9.17, 15) is 4.79 Å². The van der Waals surface area contributed by atoms with Crippen LogP contribution in [0.15, 0.2) is 18.3 Å². The maximum Gasteiger partial charge on any atom is 0.252 e. The van der Waals surface area contributed by atoms with E-state index in [2.05, 4.69) is 20.5 Å². The number of carbonyl (C=O) groups excluding carboxylic acids is 1. The number of anilines is 1. The molecule has 1 aromatic heterocycles. The Morgan fingerprint density at radius 3 is 2.67 bits per heavy atom. The van der Waals surface area contributed by atoms with E-state index in [1.807, 2.05) is 14.1 Å². The lowest BCUT2D eigenvalue weighted by Gasteiger charge is -2.09. The zero-order valence-corrected chi connectivity index (χ0v) is 11.4. The Morgan fingerprint density at radius 2 is 2.11 bits per heavy atom. The van der Waals surface area contributed by atoms with Crippen molar-refractivity contribution in [1.29, 1.82) is 0 Å². The Morgan fingerprint density at radius 1 is 1.33 bits per heavy atom. The summed E-state index contributed by atoms with van der Waals surface area (Å²) in [5, 5.41) is 5.81. The summed E-state index contributed by atoms with van der Waals surface area (Å²) in [6, 6.07) is 3.56. The van der Waals surface area contributed by atoms with Crippen LogP contribution in [0.1, 0.15) is 23.2 Å². The van der Waals surface area contributed by atoms with Crippen molar-refractivity contribution in [3.8, 4) is 0 Å². The first-order valence-electron chi connectivity index (χ1n) is 6.20. The maximum absolute atomic E-state index is 11.8. The molecule has 1 amide bonds. The van der Waals surface area contributed by atoms with E-state index in [4.69, 9.17) is 0 Å². The van der Waals surface area contributed by atoms with Gasteiger partial charge in [-0.15, -0.1) is 0 Å². The van der Waals surface area contributed by atoms with Crippen LogP contribution in [-0.2, 0) is 0 Å². The highest BCUT2D eigenvalue weighted by atomic mass is 16.1. The van der Waals surface area contributed by atoms with Gasteiger partial charge in [0.2, 0.25) is 0 Å². The molecule has 0 fully saturated rings. The molecule has 0 aliphatic heterocycles. The summed E-state index contributed by atoms with van der Waals surface area (Å²) in [7, 11) is 5.90. The van der Waals surface area contributed by atoms with E-state index >= 15 is 0 Å². The van der Waals surface area contributed by atoms with Crippen molar-refractivity contribution in [3.63, 3.8) is 0 Å². The second-order valence-corrected chi connectivity index (χ2v) is 4.45. The first-order valence-corrected chi connectivity index (χ1v) is 6.20. The van der Waals surface area contributed by atoms with Crippen LogP contribution in [0.5, 0.6) is 0 Å². The van der Waals surface area contributed by atoms with Gasteiger partial charge in [-0.3, -0.25) is 4.79 Å². The van der Waals surface area contributed by atoms with E-state index < -0.39 is 0 Å². The Bertz CT molecular complexity index is 362. The van der Waals surface area contributed by atoms with E-state index in [0.29, 0.717) is 12.1 Å². The van der Waals surface area contributed by atoms with Gasteiger partial charge in [-0.25, -0.2) is 4.98 Å². The minimum atomic E-state index is -0.0602. The van der Waals surface area contributed by atoms with Crippen LogP contribution in [-0.4, -0.2) is 50.0 Å². The molecule has 0 radical (unpaired) electrons. The minimum Gasteiger partial charge on any atom is -0.373 e. The number of pyridine rings is 1. The molecule has 0 spiro atoms. The second-order valence-electron chi connectivity index (χ2n) is 4.45. The number of aromatic nitrogens is 1. The summed E-state index contributed by atoms with van der Waals surface area (Å²) in [4.78, 5) is 18.0. The standard InChI is InChI=1S/C13H22N4O/c1-14-12-7-6-11(10-16-12)13(18)15-8-4-5-9-17(2)3/h6-7,10H,4-5,8-9H2,1-3H3,(H,14,16)(H,15,18). The summed E-state index contributed by atoms with van der Waals surface area (Å²) in [5.41, 5.74) is 0.599. The smallest absolute Gasteiger partial charge is 0.252 e. The molecule has 0 aliphatic carbocycles. The van der Waals surface area contributed by atoms with Crippen LogP contribution in [0.2, 0.25) is 0 Å². The van der Waals surface area contributed by atoms with Crippen LogP contribution in [0.4, 0.5) is 5.82 Å². The molecule has 5 nitrogen and oxygen atoms in total. The first kappa shape index (κ1) is 14.4. The molecule has 0 aliphatic rings. The van der Waals surface area contributed by atoms with Crippen molar-refractivity contribution in [2.24, 2.45) is 0 Å². The Labute approximate surface area is 109 Å². The molecule has 1 rings (SSSR count). The van der Waals surface area contributed by atoms with Crippen LogP contribution >= 0.6 is 0 Å². The van der Waals surface area contributed by atoms with Crippen LogP contribution < -0.4 is 10.6 Å². The fourth-order valence-electron chi connectivity index (χ4n) is 1.53. The van der Waals surface area contributed by atoms with Crippen molar-refractivity contribution < 1.29 is 4.79 Å². The number of rotatable bonds is 7. The number of hydrogen-bond acceptors (Lipinski definition) is 4. The van der Waals surface area contributed by atoms with Crippen LogP contribution in [0.3, 0.4) is 0 Å². The van der Waals surface area contributed by atoms with E-state index in [1.54, 1.807) is 25.4 Å². The molecule has 0 saturated carbocycles. The highest BCUT2D eigenvalue weighted by Gasteiger charge is 2.04. The highest BCUT2D eigenvalue weighted by Crippen LogP contribution is 2.03. The molecule has 0 atom stereocenters. The average Bonchev–Trinajstić information content (AvgIpc) is 2.38. The van der Waals surface area contributed by atoms with E-state index in [0.717, 1.165) is 25.2 Å². The van der Waals surface area contributed by atoms with Crippen LogP contribution in [0, 0.1) is 0 Å². The molecule has 1 heterocycles. The van der Waals surface area contributed by atoms with E-state index in [1.165, 1.54) is 0 Å². The highest BCUT2D eigenvalue weighted by molar-refractivity contribution is 5.93. The molecule has 0 aromatic carbocycles. The molecular formula is C13H22N4O. The lowest BCUT2D eigenvalue weighted by molar-refractivity contribution is 0.0952. The summed E-state index contributed by atoms with van der Waals surface area (Å²) in [5.74, 6) is 0.701. The number of nitrogens with zero attached hydrogens (tertiary/aromatic N) is 2. The molecule has 18 heavy (non-hydrogen) atoms. The zero-order valence-electron chi connectivity index (χ0n) is 11.4. The predicted octanol–water partition coefficient (Wildman–Crippen LogP) is 1.19. The summed E-state index contributed by atoms with van der Waals surface area (Å²) < 4.78 is 0. The average molecular weight is 250 g/mol. The number of carbonyl (C=O) groups is 1. The maximum atomic E-state index is 11.8. The molecule has 5 heteroatoms. The molecule has 0 saturated heterocycles. The van der Waals surface area contributed by atoms with Gasteiger partial charge >= 0.3 is 0 Å². The number of hydrogen-bond donors (Lipinski definition) is 2. The van der Waals surface area contributed by atoms with Crippen molar-refractivity contribution in [2.45, 2.75) is 12.8 Å². The summed E-state index contributed by atoms with van der Waals surface area (Å²) >= 11 is 0.